The second kappa shape index (κ2) is 9.98. The van der Waals surface area contributed by atoms with Crippen LogP contribution >= 0.6 is 8.46 Å². The molecular weight excluding hydrogens is 455 g/mol. The molecule has 0 aliphatic heterocycles. The third-order valence-electron chi connectivity index (χ3n) is 5.89. The number of hydrogen-bond acceptors (Lipinski definition) is 5. The van der Waals surface area contributed by atoms with E-state index in [1.807, 2.05) is 44.3 Å². The number of halogens is 2. The summed E-state index contributed by atoms with van der Waals surface area (Å²) in [7, 11) is -1.14. The Labute approximate surface area is 198 Å². The molecular formula is C26H26F2N3O2P. The summed E-state index contributed by atoms with van der Waals surface area (Å²) < 4.78 is 42.0. The molecule has 4 rings (SSSR count). The van der Waals surface area contributed by atoms with Gasteiger partial charge in [-0.15, -0.1) is 0 Å². The molecule has 34 heavy (non-hydrogen) atoms. The van der Waals surface area contributed by atoms with E-state index < -0.39 is 20.5 Å². The highest BCUT2D eigenvalue weighted by Crippen LogP contribution is 2.32. The lowest BCUT2D eigenvalue weighted by Crippen LogP contribution is -2.08. The monoisotopic (exact) mass is 481 g/mol. The van der Waals surface area contributed by atoms with Gasteiger partial charge in [-0.25, -0.2) is 4.98 Å². The average molecular weight is 481 g/mol. The van der Waals surface area contributed by atoms with Crippen molar-refractivity contribution in [2.45, 2.75) is 45.2 Å². The van der Waals surface area contributed by atoms with Crippen molar-refractivity contribution >= 4 is 36.1 Å². The number of rotatable bonds is 9. The summed E-state index contributed by atoms with van der Waals surface area (Å²) in [6.45, 7) is 4.19. The van der Waals surface area contributed by atoms with Crippen LogP contribution in [0.3, 0.4) is 0 Å². The van der Waals surface area contributed by atoms with E-state index in [2.05, 4.69) is 28.2 Å². The number of aryl methyl sites for hydroxylation is 4. The minimum absolute atomic E-state index is 0.131. The largest absolute Gasteiger partial charge is 0.494 e. The van der Waals surface area contributed by atoms with E-state index in [4.69, 9.17) is 10.5 Å². The number of nitrogen functional groups attached to an aromatic ring is 1. The molecule has 0 radical (unpaired) electrons. The summed E-state index contributed by atoms with van der Waals surface area (Å²) in [4.78, 5) is 9.09. The van der Waals surface area contributed by atoms with E-state index >= 15 is 0 Å². The van der Waals surface area contributed by atoms with Gasteiger partial charge in [0, 0.05) is 23.4 Å². The Kier molecular flexibility index (Phi) is 7.03. The maximum atomic E-state index is 13.0. The first-order valence-electron chi connectivity index (χ1n) is 11.1. The van der Waals surface area contributed by atoms with Crippen molar-refractivity contribution in [1.29, 1.82) is 0 Å². The molecule has 8 heteroatoms. The Morgan fingerprint density at radius 1 is 1.06 bits per heavy atom. The highest BCUT2D eigenvalue weighted by molar-refractivity contribution is 7.25. The first kappa shape index (κ1) is 24.0. The van der Waals surface area contributed by atoms with Gasteiger partial charge in [-0.1, -0.05) is 18.2 Å². The molecule has 0 amide bonds. The Morgan fingerprint density at radius 3 is 2.65 bits per heavy atom. The number of ether oxygens (including phenoxy) is 1. The summed E-state index contributed by atoms with van der Waals surface area (Å²) >= 11 is 0. The first-order valence-corrected chi connectivity index (χ1v) is 12.0. The van der Waals surface area contributed by atoms with E-state index in [0.29, 0.717) is 17.1 Å². The first-order chi connectivity index (χ1) is 16.3. The number of alkyl halides is 2. The molecule has 4 aromatic rings. The third kappa shape index (κ3) is 5.48. The number of nitrogens with two attached hydrogens (primary N) is 1. The van der Waals surface area contributed by atoms with Gasteiger partial charge in [0.2, 0.25) is 8.46 Å². The number of hydrogen-bond donors (Lipinski definition) is 1. The molecule has 0 saturated heterocycles. The Bertz CT molecular complexity index is 1360. The van der Waals surface area contributed by atoms with E-state index in [1.54, 1.807) is 0 Å². The zero-order chi connectivity index (χ0) is 24.3. The van der Waals surface area contributed by atoms with Crippen molar-refractivity contribution in [3.63, 3.8) is 0 Å². The van der Waals surface area contributed by atoms with Crippen LogP contribution in [-0.2, 0) is 17.4 Å². The van der Waals surface area contributed by atoms with Gasteiger partial charge in [-0.2, -0.15) is 8.78 Å². The van der Waals surface area contributed by atoms with Crippen molar-refractivity contribution in [2.24, 2.45) is 0 Å². The number of anilines is 1. The molecule has 0 fully saturated rings. The van der Waals surface area contributed by atoms with Crippen LogP contribution in [0.5, 0.6) is 5.75 Å². The van der Waals surface area contributed by atoms with Gasteiger partial charge in [0.25, 0.3) is 0 Å². The van der Waals surface area contributed by atoms with Crippen LogP contribution in [0.4, 0.5) is 14.6 Å². The lowest BCUT2D eigenvalue weighted by molar-refractivity contribution is 0.0801. The van der Waals surface area contributed by atoms with Gasteiger partial charge in [-0.05, 0) is 79.6 Å². The van der Waals surface area contributed by atoms with E-state index in [9.17, 15) is 13.3 Å². The van der Waals surface area contributed by atoms with E-state index in [-0.39, 0.29) is 13.0 Å². The molecule has 0 aliphatic carbocycles. The van der Waals surface area contributed by atoms with Crippen molar-refractivity contribution in [3.8, 4) is 5.75 Å². The predicted molar refractivity (Wildman–Crippen MR) is 132 cm³/mol. The van der Waals surface area contributed by atoms with E-state index in [0.717, 1.165) is 45.8 Å². The highest BCUT2D eigenvalue weighted by atomic mass is 31.1. The normalized spacial score (nSPS) is 12.0. The zero-order valence-electron chi connectivity index (χ0n) is 19.1. The number of fused-ring (bicyclic) bond motifs is 3. The summed E-state index contributed by atoms with van der Waals surface area (Å²) in [5.41, 5.74) is 9.04. The smallest absolute Gasteiger partial charge is 0.325 e. The lowest BCUT2D eigenvalue weighted by atomic mass is 9.99. The fraction of sp³-hybridized carbons (Fsp3) is 0.308. The predicted octanol–water partition coefficient (Wildman–Crippen LogP) is 6.81. The van der Waals surface area contributed by atoms with Crippen LogP contribution in [0.1, 0.15) is 35.1 Å². The van der Waals surface area contributed by atoms with Crippen LogP contribution in [0.25, 0.3) is 21.8 Å². The second-order valence-electron chi connectivity index (χ2n) is 8.55. The fourth-order valence-corrected chi connectivity index (χ4v) is 4.29. The molecule has 2 heterocycles. The number of aromatic nitrogens is 2. The average Bonchev–Trinajstić information content (AvgIpc) is 2.81. The summed E-state index contributed by atoms with van der Waals surface area (Å²) in [6.07, 6.45) is 3.15. The van der Waals surface area contributed by atoms with Crippen LogP contribution in [0, 0.1) is 13.8 Å². The molecule has 2 N–H and O–H groups in total. The zero-order valence-corrected chi connectivity index (χ0v) is 20.0. The van der Waals surface area contributed by atoms with E-state index in [1.165, 1.54) is 5.56 Å². The lowest BCUT2D eigenvalue weighted by Gasteiger charge is -2.12. The van der Waals surface area contributed by atoms with Gasteiger partial charge in [0.05, 0.1) is 12.1 Å². The molecule has 0 spiro atoms. The minimum atomic E-state index is -3.19. The van der Waals surface area contributed by atoms with Gasteiger partial charge in [0.1, 0.15) is 11.3 Å². The fourth-order valence-electron chi connectivity index (χ4n) is 4.04. The molecule has 5 nitrogen and oxygen atoms in total. The van der Waals surface area contributed by atoms with Crippen molar-refractivity contribution in [3.05, 3.63) is 70.9 Å². The maximum absolute atomic E-state index is 13.0. The van der Waals surface area contributed by atoms with Gasteiger partial charge < -0.3 is 10.5 Å². The van der Waals surface area contributed by atoms with Crippen LogP contribution in [0.15, 0.2) is 48.7 Å². The quantitative estimate of drug-likeness (QED) is 0.161. The Morgan fingerprint density at radius 2 is 1.88 bits per heavy atom. The van der Waals surface area contributed by atoms with Gasteiger partial charge in [0.15, 0.2) is 5.82 Å². The molecule has 0 saturated carbocycles. The van der Waals surface area contributed by atoms with Crippen LogP contribution in [-0.4, -0.2) is 22.2 Å². The Hall–Kier alpha value is -3.18. The number of pyridine rings is 2. The van der Waals surface area contributed by atoms with Crippen molar-refractivity contribution < 1.29 is 18.1 Å². The minimum Gasteiger partial charge on any atom is -0.494 e. The standard InChI is InChI=1S/C26H26F2N3O2P/c1-16-4-9-21-22-14-18(15-30-24(22)25(29)31-23(21)12-16)5-6-19-7-8-20(13-17(19)2)33-11-3-10-26(27,28)34-32/h4,7-9,12-15H,3,5-6,10-11H2,1-2H3,(H2,29,31). The van der Waals surface area contributed by atoms with Gasteiger partial charge >= 0.3 is 5.66 Å². The third-order valence-corrected chi connectivity index (χ3v) is 6.38. The van der Waals surface area contributed by atoms with Crippen LogP contribution in [0.2, 0.25) is 0 Å². The molecule has 0 unspecified atom stereocenters. The molecule has 0 atom stereocenters. The Balaban J connectivity index is 1.44. The molecule has 0 bridgehead atoms. The topological polar surface area (TPSA) is 78.1 Å². The van der Waals surface area contributed by atoms with Crippen molar-refractivity contribution in [1.82, 2.24) is 9.97 Å². The molecule has 0 aliphatic rings. The number of benzene rings is 2. The summed E-state index contributed by atoms with van der Waals surface area (Å²) in [5.74, 6) is 1.07. The summed E-state index contributed by atoms with van der Waals surface area (Å²) in [5, 5.41) is 2.04. The maximum Gasteiger partial charge on any atom is 0.325 e. The second-order valence-corrected chi connectivity index (χ2v) is 9.39. The molecule has 2 aromatic heterocycles. The molecule has 176 valence electrons. The van der Waals surface area contributed by atoms with Crippen molar-refractivity contribution in [2.75, 3.05) is 12.3 Å². The number of nitrogens with zero attached hydrogens (tertiary/aromatic N) is 2. The molecule has 2 aromatic carbocycles. The van der Waals surface area contributed by atoms with Gasteiger partial charge in [-0.3, -0.25) is 9.55 Å². The van der Waals surface area contributed by atoms with Crippen LogP contribution < -0.4 is 10.5 Å². The summed E-state index contributed by atoms with van der Waals surface area (Å²) in [6, 6.07) is 14.1. The highest BCUT2D eigenvalue weighted by Gasteiger charge is 2.28. The SMILES string of the molecule is Cc1ccc2c(c1)nc(N)c1ncc(CCc3ccc(OCCCC(F)(F)P=O)cc3C)cc12.